The Morgan fingerprint density at radius 2 is 1.76 bits per heavy atom. The molecule has 25 heavy (non-hydrogen) atoms. The maximum atomic E-state index is 10.7. The largest absolute Gasteiger partial charge is 0.508 e. The standard InChI is InChI=1S/C22H31NO2/c1-16(2)23(17(3)4)13-12-20(19-8-6-5-7-9-19)21-14-18(15-24)10-11-22(21)25/h5-11,14,16-17,20,24-25H,12-13,15H2,1-4H3/t20-/m1/s1/i1D3,2D3,3D3,4D3,15D2,16D,17D. The summed E-state index contributed by atoms with van der Waals surface area (Å²) in [6, 6.07) is 3.35. The fourth-order valence-corrected chi connectivity index (χ4v) is 2.68. The third-order valence-corrected chi connectivity index (χ3v) is 3.92. The van der Waals surface area contributed by atoms with Crippen LogP contribution in [0.4, 0.5) is 0 Å². The molecule has 1 atom stereocenters. The van der Waals surface area contributed by atoms with Crippen LogP contribution in [0.2, 0.25) is 0 Å². The molecule has 0 aromatic heterocycles. The molecule has 136 valence electrons. The Labute approximate surface area is 174 Å². The van der Waals surface area contributed by atoms with E-state index in [4.69, 9.17) is 21.9 Å². The number of aliphatic hydroxyl groups is 1. The first-order valence-electron chi connectivity index (χ1n) is 15.6. The number of phenols is 1. The monoisotopic (exact) mass is 357 g/mol. The Bertz CT molecular complexity index is 1120. The molecule has 0 aliphatic rings. The molecule has 0 bridgehead atoms. The average Bonchev–Trinajstić information content (AvgIpc) is 2.78. The molecule has 0 heterocycles. The molecule has 0 amide bonds. The summed E-state index contributed by atoms with van der Waals surface area (Å²) in [5, 5.41) is 20.6. The van der Waals surface area contributed by atoms with Crippen molar-refractivity contribution in [1.29, 1.82) is 0 Å². The highest BCUT2D eigenvalue weighted by Crippen LogP contribution is 2.35. The Morgan fingerprint density at radius 1 is 1.08 bits per heavy atom. The van der Waals surface area contributed by atoms with E-state index < -0.39 is 70.6 Å². The average molecular weight is 358 g/mol. The molecule has 2 aromatic rings. The first kappa shape index (κ1) is 7.05. The van der Waals surface area contributed by atoms with Crippen LogP contribution < -0.4 is 0 Å². The van der Waals surface area contributed by atoms with Crippen molar-refractivity contribution >= 4 is 0 Å². The first-order chi connectivity index (χ1) is 18.2. The molecular weight excluding hydrogens is 310 g/mol. The summed E-state index contributed by atoms with van der Waals surface area (Å²) in [4.78, 5) is -0.137. The molecule has 3 heteroatoms. The molecule has 2 rings (SSSR count). The summed E-state index contributed by atoms with van der Waals surface area (Å²) in [7, 11) is 0. The third-order valence-electron chi connectivity index (χ3n) is 3.92. The van der Waals surface area contributed by atoms with Gasteiger partial charge in [-0.25, -0.2) is 0 Å². The van der Waals surface area contributed by atoms with Crippen LogP contribution in [0, 0.1) is 0 Å². The van der Waals surface area contributed by atoms with Gasteiger partial charge in [0.15, 0.2) is 0 Å². The minimum absolute atomic E-state index is 0.0525. The minimum atomic E-state index is -3.89. The van der Waals surface area contributed by atoms with Gasteiger partial charge in [0.25, 0.3) is 0 Å². The van der Waals surface area contributed by atoms with Crippen LogP contribution in [0.25, 0.3) is 0 Å². The molecule has 0 radical (unpaired) electrons. The Kier molecular flexibility index (Phi) is 2.55. The second kappa shape index (κ2) is 9.02. The van der Waals surface area contributed by atoms with E-state index in [1.807, 2.05) is 0 Å². The predicted molar refractivity (Wildman–Crippen MR) is 104 cm³/mol. The second-order valence-corrected chi connectivity index (χ2v) is 5.49. The molecular formula is C22H31NO2. The fourth-order valence-electron chi connectivity index (χ4n) is 2.68. The SMILES string of the molecule is [2H]C([2H])(O)c1ccc(O)c([C@H](CCN(C([2H])(C([2H])([2H])[2H])C([2H])([2H])[2H])C([2H])(C([2H])([2H])[2H])C([2H])([2H])[2H])c2ccccc2)c1. The molecule has 0 unspecified atom stereocenters. The van der Waals surface area contributed by atoms with Crippen LogP contribution in [0.5, 0.6) is 5.75 Å². The summed E-state index contributed by atoms with van der Waals surface area (Å²) in [5.41, 5.74) is 0.0288. The molecule has 0 aliphatic heterocycles. The molecule has 0 aliphatic carbocycles. The van der Waals surface area contributed by atoms with Crippen LogP contribution >= 0.6 is 0 Å². The van der Waals surface area contributed by atoms with Gasteiger partial charge >= 0.3 is 0 Å². The molecule has 0 fully saturated rings. The third kappa shape index (κ3) is 5.07. The molecule has 2 N–H and O–H groups in total. The van der Waals surface area contributed by atoms with Crippen molar-refractivity contribution in [3.05, 3.63) is 65.2 Å². The van der Waals surface area contributed by atoms with Gasteiger partial charge in [0, 0.05) is 42.7 Å². The second-order valence-electron chi connectivity index (χ2n) is 5.49. The summed E-state index contributed by atoms with van der Waals surface area (Å²) < 4.78 is 127. The van der Waals surface area contributed by atoms with Crippen molar-refractivity contribution in [3.8, 4) is 5.75 Å². The van der Waals surface area contributed by atoms with Gasteiger partial charge in [-0.3, -0.25) is 4.90 Å². The normalized spacial score (nSPS) is 25.8. The van der Waals surface area contributed by atoms with E-state index in [2.05, 4.69) is 0 Å². The quantitative estimate of drug-likeness (QED) is 0.730. The summed E-state index contributed by atoms with van der Waals surface area (Å²) in [6.07, 6.45) is -0.533. The molecule has 0 saturated heterocycles. The van der Waals surface area contributed by atoms with E-state index in [0.717, 1.165) is 18.2 Å². The lowest BCUT2D eigenvalue weighted by atomic mass is 9.86. The van der Waals surface area contributed by atoms with Crippen molar-refractivity contribution in [3.63, 3.8) is 0 Å². The van der Waals surface area contributed by atoms with Gasteiger partial charge in [-0.05, 0) is 63.6 Å². The van der Waals surface area contributed by atoms with E-state index in [1.165, 1.54) is 12.1 Å². The minimum Gasteiger partial charge on any atom is -0.508 e. The summed E-state index contributed by atoms with van der Waals surface area (Å²) in [6.45, 7) is -19.3. The smallest absolute Gasteiger partial charge is 0.119 e. The number of nitrogens with zero attached hydrogens (tertiary/aromatic N) is 1. The van der Waals surface area contributed by atoms with Gasteiger partial charge in [0.2, 0.25) is 0 Å². The van der Waals surface area contributed by atoms with Crippen molar-refractivity contribution in [1.82, 2.24) is 4.90 Å². The maximum absolute atomic E-state index is 10.7. The predicted octanol–water partition coefficient (Wildman–Crippen LogP) is 4.53. The van der Waals surface area contributed by atoms with Gasteiger partial charge in [-0.2, -0.15) is 0 Å². The van der Waals surface area contributed by atoms with E-state index in [9.17, 15) is 10.2 Å². The topological polar surface area (TPSA) is 43.7 Å². The van der Waals surface area contributed by atoms with Gasteiger partial charge in [-0.1, -0.05) is 36.4 Å². The zero-order valence-corrected chi connectivity index (χ0v) is 13.5. The number of benzene rings is 2. The lowest BCUT2D eigenvalue weighted by molar-refractivity contribution is 0.170. The number of hydrogen-bond acceptors (Lipinski definition) is 3. The Hall–Kier alpha value is -1.84. The van der Waals surface area contributed by atoms with Crippen LogP contribution in [0.1, 0.15) is 78.4 Å². The summed E-state index contributed by atoms with van der Waals surface area (Å²) in [5.74, 6) is -1.53. The number of aromatic hydroxyl groups is 1. The maximum Gasteiger partial charge on any atom is 0.119 e. The van der Waals surface area contributed by atoms with Crippen molar-refractivity contribution in [2.45, 2.75) is 58.3 Å². The zero-order chi connectivity index (χ0) is 32.0. The lowest BCUT2D eigenvalue weighted by Gasteiger charge is -2.32. The Balaban J connectivity index is 2.89. The zero-order valence-electron chi connectivity index (χ0n) is 29.5. The highest BCUT2D eigenvalue weighted by Gasteiger charge is 2.21. The van der Waals surface area contributed by atoms with E-state index in [1.54, 1.807) is 18.2 Å². The van der Waals surface area contributed by atoms with E-state index in [-0.39, 0.29) is 16.0 Å². The Morgan fingerprint density at radius 3 is 2.36 bits per heavy atom. The first-order valence-corrected chi connectivity index (χ1v) is 7.59. The van der Waals surface area contributed by atoms with Gasteiger partial charge in [-0.15, -0.1) is 0 Å². The van der Waals surface area contributed by atoms with Crippen molar-refractivity contribution < 1.29 is 32.1 Å². The lowest BCUT2D eigenvalue weighted by Crippen LogP contribution is -2.38. The summed E-state index contributed by atoms with van der Waals surface area (Å²) >= 11 is 0. The fraction of sp³-hybridized carbons (Fsp3) is 0.455. The number of rotatable bonds is 8. The highest BCUT2D eigenvalue weighted by molar-refractivity contribution is 5.43. The van der Waals surface area contributed by atoms with Crippen molar-refractivity contribution in [2.24, 2.45) is 0 Å². The molecule has 3 nitrogen and oxygen atoms in total. The van der Waals surface area contributed by atoms with E-state index in [0.29, 0.717) is 5.56 Å². The van der Waals surface area contributed by atoms with Gasteiger partial charge < -0.3 is 10.2 Å². The number of phenolic OH excluding ortho intramolecular Hbond substituents is 1. The number of hydrogen-bond donors (Lipinski definition) is 2. The molecule has 0 saturated carbocycles. The molecule has 0 spiro atoms. The molecule has 2 aromatic carbocycles. The van der Waals surface area contributed by atoms with Crippen molar-refractivity contribution in [2.75, 3.05) is 6.54 Å². The van der Waals surface area contributed by atoms with Crippen LogP contribution in [-0.4, -0.2) is 33.7 Å². The van der Waals surface area contributed by atoms with Gasteiger partial charge in [0.05, 0.1) is 9.30 Å². The van der Waals surface area contributed by atoms with Crippen LogP contribution in [-0.2, 0) is 6.56 Å². The van der Waals surface area contributed by atoms with Crippen LogP contribution in [0.3, 0.4) is 0 Å². The highest BCUT2D eigenvalue weighted by atomic mass is 16.3. The van der Waals surface area contributed by atoms with Gasteiger partial charge in [0.1, 0.15) is 5.75 Å². The van der Waals surface area contributed by atoms with Crippen LogP contribution in [0.15, 0.2) is 48.5 Å². The van der Waals surface area contributed by atoms with E-state index >= 15 is 0 Å².